The number of benzene rings is 1. The van der Waals surface area contributed by atoms with Gasteiger partial charge >= 0.3 is 0 Å². The highest BCUT2D eigenvalue weighted by molar-refractivity contribution is 7.08. The third kappa shape index (κ3) is 6.16. The second-order valence-corrected chi connectivity index (χ2v) is 7.90. The minimum Gasteiger partial charge on any atom is -0.292 e. The van der Waals surface area contributed by atoms with E-state index < -0.39 is 0 Å². The van der Waals surface area contributed by atoms with Crippen molar-refractivity contribution in [3.63, 3.8) is 0 Å². The van der Waals surface area contributed by atoms with E-state index >= 15 is 0 Å². The fourth-order valence-electron chi connectivity index (χ4n) is 3.10. The molecule has 1 aliphatic heterocycles. The zero-order valence-electron chi connectivity index (χ0n) is 15.9. The summed E-state index contributed by atoms with van der Waals surface area (Å²) in [7, 11) is 0. The van der Waals surface area contributed by atoms with Crippen molar-refractivity contribution in [2.75, 3.05) is 19.6 Å². The smallest absolute Gasteiger partial charge is 0.279 e. The Balaban J connectivity index is 1.64. The van der Waals surface area contributed by atoms with Crippen LogP contribution in [0, 0.1) is 18.8 Å². The maximum atomic E-state index is 12.3. The molecule has 0 aliphatic carbocycles. The molecule has 6 heteroatoms. The number of rotatable bonds is 3. The van der Waals surface area contributed by atoms with Gasteiger partial charge in [0.25, 0.3) is 5.91 Å². The first kappa shape index (κ1) is 19.5. The molecular formula is C21H26N4OS. The van der Waals surface area contributed by atoms with Crippen molar-refractivity contribution in [2.24, 2.45) is 4.99 Å². The van der Waals surface area contributed by atoms with Crippen molar-refractivity contribution in [3.05, 3.63) is 45.7 Å². The number of aromatic nitrogens is 2. The van der Waals surface area contributed by atoms with Crippen LogP contribution < -0.4 is 4.80 Å². The molecule has 0 atom stereocenters. The summed E-state index contributed by atoms with van der Waals surface area (Å²) in [4.78, 5) is 19.6. The number of amides is 1. The predicted octanol–water partition coefficient (Wildman–Crippen LogP) is 3.26. The number of hydrogen-bond donors (Lipinski definition) is 0. The SMILES string of the molecule is Cc1nn(CC#CCN2CCCCCCC2)c(=NC(=O)c2ccccc2)s1. The number of hydrogen-bond acceptors (Lipinski definition) is 4. The molecule has 1 amide bonds. The highest BCUT2D eigenvalue weighted by atomic mass is 32.1. The summed E-state index contributed by atoms with van der Waals surface area (Å²) in [6.45, 7) is 5.46. The Morgan fingerprint density at radius 2 is 1.74 bits per heavy atom. The van der Waals surface area contributed by atoms with Crippen molar-refractivity contribution in [1.82, 2.24) is 14.7 Å². The summed E-state index contributed by atoms with van der Waals surface area (Å²) >= 11 is 1.41. The molecule has 1 saturated heterocycles. The van der Waals surface area contributed by atoms with Crippen LogP contribution in [0.4, 0.5) is 0 Å². The third-order valence-corrected chi connectivity index (χ3v) is 5.41. The Hall–Kier alpha value is -2.23. The van der Waals surface area contributed by atoms with Gasteiger partial charge in [0.15, 0.2) is 0 Å². The lowest BCUT2D eigenvalue weighted by Gasteiger charge is -2.21. The molecule has 0 radical (unpaired) electrons. The Morgan fingerprint density at radius 1 is 1.07 bits per heavy atom. The van der Waals surface area contributed by atoms with Gasteiger partial charge in [0, 0.05) is 5.56 Å². The molecule has 0 bridgehead atoms. The maximum Gasteiger partial charge on any atom is 0.279 e. The van der Waals surface area contributed by atoms with Gasteiger partial charge < -0.3 is 0 Å². The molecule has 0 saturated carbocycles. The monoisotopic (exact) mass is 382 g/mol. The number of carbonyl (C=O) groups is 1. The van der Waals surface area contributed by atoms with Gasteiger partial charge in [0.1, 0.15) is 11.6 Å². The average molecular weight is 383 g/mol. The van der Waals surface area contributed by atoms with Gasteiger partial charge in [-0.1, -0.05) is 60.6 Å². The molecule has 0 unspecified atom stereocenters. The van der Waals surface area contributed by atoms with E-state index in [0.717, 1.165) is 24.6 Å². The van der Waals surface area contributed by atoms with Crippen LogP contribution in [0.25, 0.3) is 0 Å². The predicted molar refractivity (Wildman–Crippen MR) is 108 cm³/mol. The van der Waals surface area contributed by atoms with Crippen LogP contribution >= 0.6 is 11.3 Å². The summed E-state index contributed by atoms with van der Waals surface area (Å²) in [5, 5.41) is 5.32. The van der Waals surface area contributed by atoms with Gasteiger partial charge in [-0.25, -0.2) is 4.68 Å². The van der Waals surface area contributed by atoms with E-state index in [1.807, 2.05) is 25.1 Å². The lowest BCUT2D eigenvalue weighted by atomic mass is 10.1. The summed E-state index contributed by atoms with van der Waals surface area (Å²) in [5.41, 5.74) is 0.582. The first-order valence-electron chi connectivity index (χ1n) is 9.59. The van der Waals surface area contributed by atoms with E-state index in [4.69, 9.17) is 0 Å². The Labute approximate surface area is 164 Å². The van der Waals surface area contributed by atoms with Crippen LogP contribution in [0.5, 0.6) is 0 Å². The van der Waals surface area contributed by atoms with Crippen molar-refractivity contribution < 1.29 is 4.79 Å². The maximum absolute atomic E-state index is 12.3. The van der Waals surface area contributed by atoms with E-state index in [1.165, 1.54) is 43.4 Å². The first-order chi connectivity index (χ1) is 13.2. The first-order valence-corrected chi connectivity index (χ1v) is 10.4. The van der Waals surface area contributed by atoms with Crippen molar-refractivity contribution >= 4 is 17.2 Å². The molecule has 5 nitrogen and oxygen atoms in total. The van der Waals surface area contributed by atoms with Crippen molar-refractivity contribution in [2.45, 2.75) is 45.6 Å². The fourth-order valence-corrected chi connectivity index (χ4v) is 3.85. The van der Waals surface area contributed by atoms with Crippen LogP contribution in [-0.2, 0) is 6.54 Å². The second-order valence-electron chi connectivity index (χ2n) is 6.74. The molecule has 1 fully saturated rings. The van der Waals surface area contributed by atoms with Gasteiger partial charge in [0.2, 0.25) is 4.80 Å². The Morgan fingerprint density at radius 3 is 2.48 bits per heavy atom. The molecule has 27 heavy (non-hydrogen) atoms. The number of likely N-dealkylation sites (tertiary alicyclic amines) is 1. The van der Waals surface area contributed by atoms with Gasteiger partial charge in [0.05, 0.1) is 6.54 Å². The summed E-state index contributed by atoms with van der Waals surface area (Å²) < 4.78 is 1.72. The quantitative estimate of drug-likeness (QED) is 0.766. The van der Waals surface area contributed by atoms with Gasteiger partial charge in [-0.2, -0.15) is 10.1 Å². The lowest BCUT2D eigenvalue weighted by molar-refractivity contribution is 0.0997. The van der Waals surface area contributed by atoms with Crippen LogP contribution in [0.1, 0.15) is 47.5 Å². The summed E-state index contributed by atoms with van der Waals surface area (Å²) in [6, 6.07) is 9.10. The minimum absolute atomic E-state index is 0.249. The van der Waals surface area contributed by atoms with Crippen LogP contribution in [0.2, 0.25) is 0 Å². The topological polar surface area (TPSA) is 50.5 Å². The molecule has 2 aromatic rings. The van der Waals surface area contributed by atoms with Gasteiger partial charge in [-0.15, -0.1) is 0 Å². The van der Waals surface area contributed by atoms with Crippen LogP contribution in [0.3, 0.4) is 0 Å². The lowest BCUT2D eigenvalue weighted by Crippen LogP contribution is -2.27. The Bertz CT molecular complexity index is 865. The third-order valence-electron chi connectivity index (χ3n) is 4.54. The van der Waals surface area contributed by atoms with E-state index in [0.29, 0.717) is 16.9 Å². The Kier molecular flexibility index (Phi) is 7.37. The largest absolute Gasteiger partial charge is 0.292 e. The number of nitrogens with zero attached hydrogens (tertiary/aromatic N) is 4. The molecule has 1 aliphatic rings. The van der Waals surface area contributed by atoms with Gasteiger partial charge in [-0.3, -0.25) is 9.69 Å². The molecular weight excluding hydrogens is 356 g/mol. The molecule has 0 N–H and O–H groups in total. The summed E-state index contributed by atoms with van der Waals surface area (Å²) in [5.74, 6) is 6.21. The van der Waals surface area contributed by atoms with E-state index in [2.05, 4.69) is 26.8 Å². The number of carbonyl (C=O) groups excluding carboxylic acids is 1. The zero-order valence-corrected chi connectivity index (χ0v) is 16.7. The van der Waals surface area contributed by atoms with Gasteiger partial charge in [-0.05, 0) is 45.0 Å². The minimum atomic E-state index is -0.249. The van der Waals surface area contributed by atoms with Crippen LogP contribution in [-0.4, -0.2) is 40.2 Å². The highest BCUT2D eigenvalue weighted by Gasteiger charge is 2.07. The number of aryl methyl sites for hydroxylation is 1. The van der Waals surface area contributed by atoms with Crippen LogP contribution in [0.15, 0.2) is 35.3 Å². The zero-order chi connectivity index (χ0) is 18.9. The van der Waals surface area contributed by atoms with E-state index in [-0.39, 0.29) is 5.91 Å². The highest BCUT2D eigenvalue weighted by Crippen LogP contribution is 2.09. The average Bonchev–Trinajstić information content (AvgIpc) is 3.00. The summed E-state index contributed by atoms with van der Waals surface area (Å²) in [6.07, 6.45) is 6.57. The molecule has 142 valence electrons. The molecule has 3 rings (SSSR count). The second kappa shape index (κ2) is 10.2. The van der Waals surface area contributed by atoms with Crippen molar-refractivity contribution in [1.29, 1.82) is 0 Å². The van der Waals surface area contributed by atoms with E-state index in [9.17, 15) is 4.79 Å². The molecule has 2 heterocycles. The standard InChI is InChI=1S/C21H26N4OS/c1-18-23-25(17-11-10-16-24-14-8-3-2-4-9-15-24)21(27-18)22-20(26)19-12-6-5-7-13-19/h5-7,12-13H,2-4,8-9,14-17H2,1H3. The van der Waals surface area contributed by atoms with E-state index in [1.54, 1.807) is 16.8 Å². The molecule has 1 aromatic heterocycles. The van der Waals surface area contributed by atoms with Crippen molar-refractivity contribution in [3.8, 4) is 11.8 Å². The normalized spacial score (nSPS) is 16.3. The molecule has 1 aromatic carbocycles. The fraction of sp³-hybridized carbons (Fsp3) is 0.476. The molecule has 0 spiro atoms.